The van der Waals surface area contributed by atoms with E-state index in [0.717, 1.165) is 4.88 Å². The molecule has 0 bridgehead atoms. The molecule has 7 heteroatoms. The lowest BCUT2D eigenvalue weighted by Crippen LogP contribution is -1.97. The third-order valence-corrected chi connectivity index (χ3v) is 3.04. The summed E-state index contributed by atoms with van der Waals surface area (Å²) >= 11 is 7.12. The maximum absolute atomic E-state index is 10.3. The van der Waals surface area contributed by atoms with Crippen molar-refractivity contribution in [2.24, 2.45) is 0 Å². The Kier molecular flexibility index (Phi) is 3.21. The Bertz CT molecular complexity index is 508. The third-order valence-electron chi connectivity index (χ3n) is 1.81. The molecule has 0 unspecified atom stereocenters. The van der Waals surface area contributed by atoms with Crippen LogP contribution in [0.1, 0.15) is 12.3 Å². The molecule has 0 aliphatic rings. The number of halogens is 1. The first-order valence-electron chi connectivity index (χ1n) is 4.45. The van der Waals surface area contributed by atoms with Crippen molar-refractivity contribution in [1.29, 1.82) is 0 Å². The third kappa shape index (κ3) is 2.59. The zero-order chi connectivity index (χ0) is 11.5. The molecule has 1 N–H and O–H groups in total. The predicted octanol–water partition coefficient (Wildman–Crippen LogP) is 2.47. The fourth-order valence-corrected chi connectivity index (χ4v) is 2.07. The van der Waals surface area contributed by atoms with Gasteiger partial charge in [-0.15, -0.1) is 11.3 Å². The fraction of sp³-hybridized carbons (Fsp3) is 0.222. The van der Waals surface area contributed by atoms with Gasteiger partial charge in [-0.1, -0.05) is 16.8 Å². The number of carboxylic acid groups (broad SMARTS) is 1. The van der Waals surface area contributed by atoms with Crippen molar-refractivity contribution >= 4 is 28.9 Å². The molecule has 0 spiro atoms. The second-order valence-electron chi connectivity index (χ2n) is 3.01. The molecule has 5 nitrogen and oxygen atoms in total. The van der Waals surface area contributed by atoms with Crippen LogP contribution in [-0.2, 0) is 11.2 Å². The fourth-order valence-electron chi connectivity index (χ4n) is 1.10. The molecule has 0 aromatic carbocycles. The summed E-state index contributed by atoms with van der Waals surface area (Å²) in [6.07, 6.45) is 0.217. The van der Waals surface area contributed by atoms with Gasteiger partial charge in [0.05, 0.1) is 15.6 Å². The molecule has 84 valence electrons. The Labute approximate surface area is 99.7 Å². The van der Waals surface area contributed by atoms with Gasteiger partial charge in [-0.2, -0.15) is 4.98 Å². The Balaban J connectivity index is 2.10. The van der Waals surface area contributed by atoms with Crippen LogP contribution in [0.5, 0.6) is 0 Å². The number of rotatable bonds is 4. The average Bonchev–Trinajstić information content (AvgIpc) is 2.83. The predicted molar refractivity (Wildman–Crippen MR) is 58.6 cm³/mol. The molecule has 0 saturated heterocycles. The molecule has 0 atom stereocenters. The minimum Gasteiger partial charge on any atom is -0.481 e. The lowest BCUT2D eigenvalue weighted by molar-refractivity contribution is -0.137. The minimum atomic E-state index is -0.890. The number of aliphatic carboxylic acids is 1. The van der Waals surface area contributed by atoms with E-state index in [4.69, 9.17) is 21.2 Å². The summed E-state index contributed by atoms with van der Waals surface area (Å²) in [5.74, 6) is -0.127. The zero-order valence-electron chi connectivity index (χ0n) is 8.01. The SMILES string of the molecule is O=C(O)CCc1nc(-c2ccc(Cl)s2)no1. The number of hydrogen-bond acceptors (Lipinski definition) is 5. The zero-order valence-corrected chi connectivity index (χ0v) is 9.59. The number of hydrogen-bond donors (Lipinski definition) is 1. The van der Waals surface area contributed by atoms with Crippen LogP contribution in [0.3, 0.4) is 0 Å². The van der Waals surface area contributed by atoms with Gasteiger partial charge in [0.25, 0.3) is 0 Å². The lowest BCUT2D eigenvalue weighted by Gasteiger charge is -1.87. The summed E-state index contributed by atoms with van der Waals surface area (Å²) in [5, 5.41) is 12.2. The molecule has 0 aliphatic heterocycles. The van der Waals surface area contributed by atoms with E-state index >= 15 is 0 Å². The van der Waals surface area contributed by atoms with E-state index in [-0.39, 0.29) is 12.8 Å². The normalized spacial score (nSPS) is 10.6. The van der Waals surface area contributed by atoms with Gasteiger partial charge in [-0.25, -0.2) is 0 Å². The summed E-state index contributed by atoms with van der Waals surface area (Å²) < 4.78 is 5.56. The molecule has 2 rings (SSSR count). The van der Waals surface area contributed by atoms with Crippen LogP contribution in [0.2, 0.25) is 4.34 Å². The van der Waals surface area contributed by atoms with Crippen molar-refractivity contribution in [3.63, 3.8) is 0 Å². The summed E-state index contributed by atoms with van der Waals surface area (Å²) in [5.41, 5.74) is 0. The first-order chi connectivity index (χ1) is 7.65. The smallest absolute Gasteiger partial charge is 0.303 e. The van der Waals surface area contributed by atoms with Crippen LogP contribution < -0.4 is 0 Å². The largest absolute Gasteiger partial charge is 0.481 e. The molecule has 2 aromatic rings. The number of nitrogens with zero attached hydrogens (tertiary/aromatic N) is 2. The molecule has 2 aromatic heterocycles. The first kappa shape index (κ1) is 11.1. The summed E-state index contributed by atoms with van der Waals surface area (Å²) in [6, 6.07) is 3.54. The van der Waals surface area contributed by atoms with E-state index in [2.05, 4.69) is 10.1 Å². The van der Waals surface area contributed by atoms with Gasteiger partial charge in [0.15, 0.2) is 0 Å². The van der Waals surface area contributed by atoms with Gasteiger partial charge in [-0.3, -0.25) is 4.79 Å². The van der Waals surface area contributed by atoms with Crippen LogP contribution in [-0.4, -0.2) is 21.2 Å². The van der Waals surface area contributed by atoms with E-state index in [1.54, 1.807) is 12.1 Å². The highest BCUT2D eigenvalue weighted by molar-refractivity contribution is 7.19. The van der Waals surface area contributed by atoms with Crippen LogP contribution >= 0.6 is 22.9 Å². The Morgan fingerprint density at radius 1 is 1.56 bits per heavy atom. The summed E-state index contributed by atoms with van der Waals surface area (Å²) in [6.45, 7) is 0. The van der Waals surface area contributed by atoms with Crippen molar-refractivity contribution in [2.75, 3.05) is 0 Å². The summed E-state index contributed by atoms with van der Waals surface area (Å²) in [7, 11) is 0. The molecule has 0 amide bonds. The minimum absolute atomic E-state index is 0.0210. The topological polar surface area (TPSA) is 76.2 Å². The van der Waals surface area contributed by atoms with Gasteiger partial charge in [0.1, 0.15) is 0 Å². The molecule has 2 heterocycles. The highest BCUT2D eigenvalue weighted by atomic mass is 35.5. The second kappa shape index (κ2) is 4.63. The highest BCUT2D eigenvalue weighted by Crippen LogP contribution is 2.28. The van der Waals surface area contributed by atoms with Gasteiger partial charge in [0, 0.05) is 6.42 Å². The number of aryl methyl sites for hydroxylation is 1. The van der Waals surface area contributed by atoms with E-state index in [0.29, 0.717) is 16.1 Å². The van der Waals surface area contributed by atoms with Gasteiger partial charge in [-0.05, 0) is 12.1 Å². The van der Waals surface area contributed by atoms with Crippen LogP contribution in [0, 0.1) is 0 Å². The van der Waals surface area contributed by atoms with Gasteiger partial charge in [0.2, 0.25) is 11.7 Å². The van der Waals surface area contributed by atoms with Crippen molar-refractivity contribution < 1.29 is 14.4 Å². The molecular weight excluding hydrogens is 252 g/mol. The Hall–Kier alpha value is -1.40. The number of aromatic nitrogens is 2. The van der Waals surface area contributed by atoms with Crippen LogP contribution in [0.4, 0.5) is 0 Å². The average molecular weight is 259 g/mol. The van der Waals surface area contributed by atoms with Crippen LogP contribution in [0.15, 0.2) is 16.7 Å². The number of thiophene rings is 1. The highest BCUT2D eigenvalue weighted by Gasteiger charge is 2.11. The Morgan fingerprint density at radius 3 is 3.00 bits per heavy atom. The Morgan fingerprint density at radius 2 is 2.38 bits per heavy atom. The molecule has 0 saturated carbocycles. The first-order valence-corrected chi connectivity index (χ1v) is 5.64. The van der Waals surface area contributed by atoms with E-state index in [1.165, 1.54) is 11.3 Å². The maximum Gasteiger partial charge on any atom is 0.303 e. The monoisotopic (exact) mass is 258 g/mol. The maximum atomic E-state index is 10.3. The molecule has 16 heavy (non-hydrogen) atoms. The van der Waals surface area contributed by atoms with E-state index in [9.17, 15) is 4.79 Å². The summed E-state index contributed by atoms with van der Waals surface area (Å²) in [4.78, 5) is 15.2. The van der Waals surface area contributed by atoms with Gasteiger partial charge >= 0.3 is 5.97 Å². The van der Waals surface area contributed by atoms with E-state index < -0.39 is 5.97 Å². The van der Waals surface area contributed by atoms with E-state index in [1.807, 2.05) is 0 Å². The van der Waals surface area contributed by atoms with Crippen LogP contribution in [0.25, 0.3) is 10.7 Å². The molecular formula is C9H7ClN2O3S. The second-order valence-corrected chi connectivity index (χ2v) is 4.72. The van der Waals surface area contributed by atoms with Crippen molar-refractivity contribution in [3.05, 3.63) is 22.4 Å². The van der Waals surface area contributed by atoms with Gasteiger partial charge < -0.3 is 9.63 Å². The lowest BCUT2D eigenvalue weighted by atomic mass is 10.3. The quantitative estimate of drug-likeness (QED) is 0.912. The number of carboxylic acids is 1. The number of carbonyl (C=O) groups is 1. The molecule has 0 radical (unpaired) electrons. The van der Waals surface area contributed by atoms with Crippen molar-refractivity contribution in [1.82, 2.24) is 10.1 Å². The van der Waals surface area contributed by atoms with Crippen molar-refractivity contribution in [3.8, 4) is 10.7 Å². The molecule has 0 fully saturated rings. The standard InChI is InChI=1S/C9H7ClN2O3S/c10-6-2-1-5(16-6)9-11-7(15-12-9)3-4-8(13)14/h1-2H,3-4H2,(H,13,14). The molecule has 0 aliphatic carbocycles. The van der Waals surface area contributed by atoms with Crippen molar-refractivity contribution in [2.45, 2.75) is 12.8 Å².